The number of rotatable bonds is 4. The Bertz CT molecular complexity index is 704. The van der Waals surface area contributed by atoms with Crippen molar-refractivity contribution in [2.24, 2.45) is 0 Å². The maximum Gasteiger partial charge on any atom is 0.159 e. The van der Waals surface area contributed by atoms with Gasteiger partial charge in [0.15, 0.2) is 5.82 Å². The summed E-state index contributed by atoms with van der Waals surface area (Å²) in [5.41, 5.74) is 1.96. The minimum absolute atomic E-state index is 0.746. The van der Waals surface area contributed by atoms with Crippen LogP contribution in [0.25, 0.3) is 11.4 Å². The molecule has 106 valence electrons. The maximum atomic E-state index is 4.40. The Morgan fingerprint density at radius 1 is 1.14 bits per heavy atom. The first-order valence-corrected chi connectivity index (χ1v) is 8.19. The number of nitrogens with one attached hydrogen (secondary N) is 1. The van der Waals surface area contributed by atoms with Gasteiger partial charge in [-0.3, -0.25) is 0 Å². The highest BCUT2D eigenvalue weighted by molar-refractivity contribution is 9.10. The van der Waals surface area contributed by atoms with Crippen LogP contribution in [-0.2, 0) is 6.54 Å². The van der Waals surface area contributed by atoms with Gasteiger partial charge in [-0.2, -0.15) is 0 Å². The van der Waals surface area contributed by atoms with Gasteiger partial charge in [0.1, 0.15) is 0 Å². The Balaban J connectivity index is 1.67. The topological polar surface area (TPSA) is 37.8 Å². The fraction of sp³-hybridized carbons (Fsp3) is 0.125. The Kier molecular flexibility index (Phi) is 4.31. The standard InChI is InChI=1S/C16H14BrN3S/c1-11-15(17)7-14(21-11)10-18-13-8-19-16(20-9-13)12-5-3-2-4-6-12/h2-9,18H,10H2,1H3. The Hall–Kier alpha value is -1.72. The normalized spacial score (nSPS) is 10.6. The molecule has 0 saturated heterocycles. The zero-order valence-corrected chi connectivity index (χ0v) is 13.9. The average Bonchev–Trinajstić information content (AvgIpc) is 2.85. The fourth-order valence-electron chi connectivity index (χ4n) is 1.95. The van der Waals surface area contributed by atoms with Gasteiger partial charge in [0.2, 0.25) is 0 Å². The quantitative estimate of drug-likeness (QED) is 0.720. The van der Waals surface area contributed by atoms with Crippen molar-refractivity contribution in [3.8, 4) is 11.4 Å². The predicted octanol–water partition coefficient (Wildman–Crippen LogP) is 4.89. The summed E-state index contributed by atoms with van der Waals surface area (Å²) in [6.45, 7) is 2.89. The number of aromatic nitrogens is 2. The van der Waals surface area contributed by atoms with Gasteiger partial charge >= 0.3 is 0 Å². The van der Waals surface area contributed by atoms with Gasteiger partial charge in [-0.1, -0.05) is 30.3 Å². The second kappa shape index (κ2) is 6.37. The molecule has 0 bridgehead atoms. The van der Waals surface area contributed by atoms with E-state index in [1.165, 1.54) is 14.2 Å². The van der Waals surface area contributed by atoms with Gasteiger partial charge in [0.25, 0.3) is 0 Å². The van der Waals surface area contributed by atoms with E-state index in [1.54, 1.807) is 11.3 Å². The van der Waals surface area contributed by atoms with Crippen LogP contribution in [0, 0.1) is 6.92 Å². The minimum Gasteiger partial charge on any atom is -0.378 e. The van der Waals surface area contributed by atoms with Crippen LogP contribution in [0.1, 0.15) is 9.75 Å². The van der Waals surface area contributed by atoms with Gasteiger partial charge in [0.05, 0.1) is 18.1 Å². The molecule has 5 heteroatoms. The Morgan fingerprint density at radius 2 is 1.86 bits per heavy atom. The minimum atomic E-state index is 0.746. The van der Waals surface area contributed by atoms with Crippen molar-refractivity contribution in [2.75, 3.05) is 5.32 Å². The van der Waals surface area contributed by atoms with E-state index < -0.39 is 0 Å². The summed E-state index contributed by atoms with van der Waals surface area (Å²) in [7, 11) is 0. The second-order valence-corrected chi connectivity index (χ2v) is 6.83. The highest BCUT2D eigenvalue weighted by atomic mass is 79.9. The van der Waals surface area contributed by atoms with E-state index in [0.29, 0.717) is 0 Å². The van der Waals surface area contributed by atoms with Crippen LogP contribution in [-0.4, -0.2) is 9.97 Å². The summed E-state index contributed by atoms with van der Waals surface area (Å²) in [6, 6.07) is 12.1. The van der Waals surface area contributed by atoms with Crippen molar-refractivity contribution in [3.05, 3.63) is 63.0 Å². The Labute approximate surface area is 136 Å². The van der Waals surface area contributed by atoms with E-state index in [-0.39, 0.29) is 0 Å². The van der Waals surface area contributed by atoms with Gasteiger partial charge in [0, 0.05) is 26.3 Å². The summed E-state index contributed by atoms with van der Waals surface area (Å²) in [5, 5.41) is 3.34. The summed E-state index contributed by atoms with van der Waals surface area (Å²) >= 11 is 5.32. The number of hydrogen-bond acceptors (Lipinski definition) is 4. The van der Waals surface area contributed by atoms with E-state index in [4.69, 9.17) is 0 Å². The molecule has 1 N–H and O–H groups in total. The monoisotopic (exact) mass is 359 g/mol. The first-order chi connectivity index (χ1) is 10.2. The number of hydrogen-bond donors (Lipinski definition) is 1. The predicted molar refractivity (Wildman–Crippen MR) is 91.6 cm³/mol. The highest BCUT2D eigenvalue weighted by Crippen LogP contribution is 2.26. The van der Waals surface area contributed by atoms with Crippen molar-refractivity contribution in [1.29, 1.82) is 0 Å². The van der Waals surface area contributed by atoms with Crippen molar-refractivity contribution in [1.82, 2.24) is 9.97 Å². The van der Waals surface area contributed by atoms with Crippen LogP contribution in [0.5, 0.6) is 0 Å². The van der Waals surface area contributed by atoms with Crippen molar-refractivity contribution in [3.63, 3.8) is 0 Å². The molecule has 0 aliphatic carbocycles. The van der Waals surface area contributed by atoms with Crippen LogP contribution in [0.4, 0.5) is 5.69 Å². The fourth-order valence-corrected chi connectivity index (χ4v) is 3.49. The van der Waals surface area contributed by atoms with Crippen molar-refractivity contribution in [2.45, 2.75) is 13.5 Å². The lowest BCUT2D eigenvalue weighted by atomic mass is 10.2. The molecule has 0 atom stereocenters. The lowest BCUT2D eigenvalue weighted by molar-refractivity contribution is 1.12. The molecule has 0 aliphatic rings. The summed E-state index contributed by atoms with van der Waals surface area (Å²) < 4.78 is 1.17. The third-order valence-corrected chi connectivity index (χ3v) is 5.20. The smallest absolute Gasteiger partial charge is 0.159 e. The summed E-state index contributed by atoms with van der Waals surface area (Å²) in [4.78, 5) is 11.4. The first kappa shape index (κ1) is 14.2. The molecule has 0 spiro atoms. The number of nitrogens with zero attached hydrogens (tertiary/aromatic N) is 2. The van der Waals surface area contributed by atoms with Crippen molar-refractivity contribution >= 4 is 33.0 Å². The molecule has 0 aliphatic heterocycles. The lowest BCUT2D eigenvalue weighted by Crippen LogP contribution is -1.99. The van der Waals surface area contributed by atoms with E-state index in [1.807, 2.05) is 42.7 Å². The van der Waals surface area contributed by atoms with Crippen LogP contribution in [0.2, 0.25) is 0 Å². The number of anilines is 1. The number of thiophene rings is 1. The number of benzene rings is 1. The first-order valence-electron chi connectivity index (χ1n) is 6.58. The second-order valence-electron chi connectivity index (χ2n) is 4.63. The molecule has 0 unspecified atom stereocenters. The molecule has 1 aromatic carbocycles. The third-order valence-electron chi connectivity index (χ3n) is 3.06. The Morgan fingerprint density at radius 3 is 2.48 bits per heavy atom. The molecule has 2 aromatic heterocycles. The highest BCUT2D eigenvalue weighted by Gasteiger charge is 2.04. The SMILES string of the molecule is Cc1sc(CNc2cnc(-c3ccccc3)nc2)cc1Br. The largest absolute Gasteiger partial charge is 0.378 e. The molecule has 0 radical (unpaired) electrons. The molecule has 3 nitrogen and oxygen atoms in total. The zero-order chi connectivity index (χ0) is 14.7. The van der Waals surface area contributed by atoms with Crippen LogP contribution >= 0.6 is 27.3 Å². The van der Waals surface area contributed by atoms with E-state index in [0.717, 1.165) is 23.6 Å². The molecule has 3 aromatic rings. The van der Waals surface area contributed by atoms with E-state index in [9.17, 15) is 0 Å². The lowest BCUT2D eigenvalue weighted by Gasteiger charge is -2.05. The van der Waals surface area contributed by atoms with Gasteiger partial charge < -0.3 is 5.32 Å². The average molecular weight is 360 g/mol. The van der Waals surface area contributed by atoms with E-state index in [2.05, 4.69) is 44.2 Å². The molecule has 2 heterocycles. The van der Waals surface area contributed by atoms with E-state index >= 15 is 0 Å². The number of halogens is 1. The summed E-state index contributed by atoms with van der Waals surface area (Å²) in [6.07, 6.45) is 3.65. The van der Waals surface area contributed by atoms with Gasteiger partial charge in [-0.15, -0.1) is 11.3 Å². The van der Waals surface area contributed by atoms with Gasteiger partial charge in [-0.25, -0.2) is 9.97 Å². The maximum absolute atomic E-state index is 4.40. The molecular weight excluding hydrogens is 346 g/mol. The zero-order valence-electron chi connectivity index (χ0n) is 11.5. The number of aryl methyl sites for hydroxylation is 1. The van der Waals surface area contributed by atoms with Crippen LogP contribution in [0.15, 0.2) is 53.3 Å². The molecule has 0 amide bonds. The molecule has 0 fully saturated rings. The van der Waals surface area contributed by atoms with Crippen LogP contribution in [0.3, 0.4) is 0 Å². The van der Waals surface area contributed by atoms with Crippen LogP contribution < -0.4 is 5.32 Å². The van der Waals surface area contributed by atoms with Crippen molar-refractivity contribution < 1.29 is 0 Å². The third kappa shape index (κ3) is 3.49. The molecular formula is C16H14BrN3S. The molecule has 0 saturated carbocycles. The molecule has 21 heavy (non-hydrogen) atoms. The summed E-state index contributed by atoms with van der Waals surface area (Å²) in [5.74, 6) is 0.746. The molecule has 3 rings (SSSR count). The van der Waals surface area contributed by atoms with Gasteiger partial charge in [-0.05, 0) is 28.9 Å².